The van der Waals surface area contributed by atoms with Crippen molar-refractivity contribution in [1.29, 1.82) is 0 Å². The maximum absolute atomic E-state index is 5.56. The number of likely N-dealkylation sites (tertiary alicyclic amines) is 1. The molecular weight excluding hydrogens is 354 g/mol. The number of rotatable bonds is 8. The van der Waals surface area contributed by atoms with E-state index in [2.05, 4.69) is 36.7 Å². The first-order valence-corrected chi connectivity index (χ1v) is 10.1. The number of fused-ring (bicyclic) bond motifs is 1. The summed E-state index contributed by atoms with van der Waals surface area (Å²) in [7, 11) is 0. The van der Waals surface area contributed by atoms with Crippen LogP contribution in [-0.4, -0.2) is 61.7 Å². The molecule has 0 unspecified atom stereocenters. The molecule has 3 aromatic rings. The topological polar surface area (TPSA) is 83.9 Å². The summed E-state index contributed by atoms with van der Waals surface area (Å²) in [5.41, 5.74) is 4.15. The van der Waals surface area contributed by atoms with Gasteiger partial charge in [0.15, 0.2) is 5.65 Å². The minimum Gasteiger partial charge on any atom is -0.380 e. The molecule has 0 bridgehead atoms. The normalized spacial score (nSPS) is 16.1. The van der Waals surface area contributed by atoms with Gasteiger partial charge in [-0.1, -0.05) is 0 Å². The summed E-state index contributed by atoms with van der Waals surface area (Å²) in [6.45, 7) is 9.27. The Labute approximate surface area is 165 Å². The summed E-state index contributed by atoms with van der Waals surface area (Å²) in [5.74, 6) is 0.899. The van der Waals surface area contributed by atoms with Gasteiger partial charge in [0.2, 0.25) is 5.95 Å². The molecule has 4 heterocycles. The largest absolute Gasteiger partial charge is 0.380 e. The van der Waals surface area contributed by atoms with Crippen molar-refractivity contribution in [2.24, 2.45) is 0 Å². The highest BCUT2D eigenvalue weighted by Gasteiger charge is 2.22. The molecule has 0 aliphatic carbocycles. The number of hydrogen-bond donors (Lipinski definition) is 2. The second-order valence-corrected chi connectivity index (χ2v) is 7.29. The molecule has 3 aromatic heterocycles. The highest BCUT2D eigenvalue weighted by atomic mass is 16.5. The zero-order chi connectivity index (χ0) is 19.3. The fourth-order valence-electron chi connectivity index (χ4n) is 3.77. The van der Waals surface area contributed by atoms with Crippen molar-refractivity contribution in [3.63, 3.8) is 0 Å². The van der Waals surface area contributed by atoms with Gasteiger partial charge in [0.25, 0.3) is 0 Å². The number of anilines is 1. The molecule has 0 amide bonds. The summed E-state index contributed by atoms with van der Waals surface area (Å²) in [6, 6.07) is 4.36. The van der Waals surface area contributed by atoms with Crippen molar-refractivity contribution >= 4 is 17.1 Å². The summed E-state index contributed by atoms with van der Waals surface area (Å²) in [4.78, 5) is 19.3. The van der Waals surface area contributed by atoms with Crippen LogP contribution in [0.3, 0.4) is 0 Å². The third-order valence-electron chi connectivity index (χ3n) is 5.40. The van der Waals surface area contributed by atoms with E-state index in [0.29, 0.717) is 12.6 Å². The summed E-state index contributed by atoms with van der Waals surface area (Å²) < 4.78 is 7.70. The molecule has 4 rings (SSSR count). The van der Waals surface area contributed by atoms with Crippen LogP contribution in [-0.2, 0) is 17.8 Å². The molecule has 0 saturated carbocycles. The molecule has 28 heavy (non-hydrogen) atoms. The van der Waals surface area contributed by atoms with Gasteiger partial charge < -0.3 is 15.0 Å². The number of nitrogens with zero attached hydrogens (tertiary/aromatic N) is 5. The standard InChI is InChI=1S/C20H29N7O/c1-3-28-12-11-27-19-17(5-4-8-21-19)25-20(27)24-16-6-9-26(10-7-16)13-18-15(2)22-14-23-18/h4-5,8,14,16H,3,6-7,9-13H2,1-2H3,(H,22,23)(H,24,25). The van der Waals surface area contributed by atoms with Gasteiger partial charge in [-0.05, 0) is 38.8 Å². The van der Waals surface area contributed by atoms with Crippen LogP contribution in [0.15, 0.2) is 24.7 Å². The average Bonchev–Trinajstić information content (AvgIpc) is 3.27. The molecule has 0 atom stereocenters. The van der Waals surface area contributed by atoms with E-state index in [1.165, 1.54) is 5.69 Å². The SMILES string of the molecule is CCOCCn1c(NC2CCN(Cc3[nH]cnc3C)CC2)nc2cccnc21. The van der Waals surface area contributed by atoms with Crippen LogP contribution in [0.25, 0.3) is 11.2 Å². The Morgan fingerprint density at radius 1 is 1.29 bits per heavy atom. The lowest BCUT2D eigenvalue weighted by molar-refractivity contribution is 0.140. The summed E-state index contributed by atoms with van der Waals surface area (Å²) >= 11 is 0. The summed E-state index contributed by atoms with van der Waals surface area (Å²) in [6.07, 6.45) is 5.78. The number of nitrogens with one attached hydrogen (secondary N) is 2. The molecule has 8 heteroatoms. The van der Waals surface area contributed by atoms with Gasteiger partial charge in [-0.25, -0.2) is 15.0 Å². The second kappa shape index (κ2) is 8.70. The van der Waals surface area contributed by atoms with Crippen LogP contribution >= 0.6 is 0 Å². The van der Waals surface area contributed by atoms with Crippen molar-refractivity contribution in [2.45, 2.75) is 45.8 Å². The molecule has 0 aromatic carbocycles. The quantitative estimate of drug-likeness (QED) is 0.582. The first-order valence-electron chi connectivity index (χ1n) is 10.1. The first kappa shape index (κ1) is 18.9. The molecule has 0 radical (unpaired) electrons. The van der Waals surface area contributed by atoms with Crippen LogP contribution < -0.4 is 5.32 Å². The Morgan fingerprint density at radius 2 is 2.14 bits per heavy atom. The van der Waals surface area contributed by atoms with E-state index >= 15 is 0 Å². The smallest absolute Gasteiger partial charge is 0.205 e. The maximum Gasteiger partial charge on any atom is 0.205 e. The van der Waals surface area contributed by atoms with Crippen molar-refractivity contribution in [3.8, 4) is 0 Å². The van der Waals surface area contributed by atoms with E-state index in [4.69, 9.17) is 9.72 Å². The lowest BCUT2D eigenvalue weighted by Crippen LogP contribution is -2.39. The second-order valence-electron chi connectivity index (χ2n) is 7.29. The summed E-state index contributed by atoms with van der Waals surface area (Å²) in [5, 5.41) is 3.67. The number of H-pyrrole nitrogens is 1. The van der Waals surface area contributed by atoms with Gasteiger partial charge in [-0.15, -0.1) is 0 Å². The predicted molar refractivity (Wildman–Crippen MR) is 109 cm³/mol. The maximum atomic E-state index is 5.56. The number of imidazole rings is 2. The lowest BCUT2D eigenvalue weighted by atomic mass is 10.0. The molecule has 1 aliphatic rings. The van der Waals surface area contributed by atoms with Crippen LogP contribution in [0.1, 0.15) is 31.2 Å². The van der Waals surface area contributed by atoms with Crippen molar-refractivity contribution in [1.82, 2.24) is 29.4 Å². The molecular formula is C20H29N7O. The zero-order valence-electron chi connectivity index (χ0n) is 16.7. The van der Waals surface area contributed by atoms with Gasteiger partial charge in [-0.3, -0.25) is 9.47 Å². The van der Waals surface area contributed by atoms with E-state index in [1.807, 2.05) is 25.3 Å². The van der Waals surface area contributed by atoms with Crippen molar-refractivity contribution < 1.29 is 4.74 Å². The highest BCUT2D eigenvalue weighted by molar-refractivity contribution is 5.74. The lowest BCUT2D eigenvalue weighted by Gasteiger charge is -2.32. The van der Waals surface area contributed by atoms with E-state index < -0.39 is 0 Å². The Hall–Kier alpha value is -2.45. The van der Waals surface area contributed by atoms with E-state index in [9.17, 15) is 0 Å². The number of pyridine rings is 1. The molecule has 2 N–H and O–H groups in total. The minimum absolute atomic E-state index is 0.418. The van der Waals surface area contributed by atoms with Crippen molar-refractivity contribution in [3.05, 3.63) is 36.0 Å². The molecule has 1 fully saturated rings. The number of hydrogen-bond acceptors (Lipinski definition) is 6. The highest BCUT2D eigenvalue weighted by Crippen LogP contribution is 2.22. The zero-order valence-corrected chi connectivity index (χ0v) is 16.7. The van der Waals surface area contributed by atoms with Crippen LogP contribution in [0.5, 0.6) is 0 Å². The molecule has 1 saturated heterocycles. The fraction of sp³-hybridized carbons (Fsp3) is 0.550. The number of piperidine rings is 1. The average molecular weight is 384 g/mol. The van der Waals surface area contributed by atoms with Crippen LogP contribution in [0.2, 0.25) is 0 Å². The van der Waals surface area contributed by atoms with Gasteiger partial charge in [0.05, 0.1) is 30.9 Å². The van der Waals surface area contributed by atoms with E-state index in [0.717, 1.165) is 68.4 Å². The monoisotopic (exact) mass is 383 g/mol. The number of ether oxygens (including phenoxy) is 1. The predicted octanol–water partition coefficient (Wildman–Crippen LogP) is 2.58. The van der Waals surface area contributed by atoms with Gasteiger partial charge in [0, 0.05) is 38.5 Å². The Kier molecular flexibility index (Phi) is 5.87. The van der Waals surface area contributed by atoms with Crippen molar-refractivity contribution in [2.75, 3.05) is 31.6 Å². The van der Waals surface area contributed by atoms with Gasteiger partial charge >= 0.3 is 0 Å². The molecule has 150 valence electrons. The fourth-order valence-corrected chi connectivity index (χ4v) is 3.77. The number of aryl methyl sites for hydroxylation is 1. The third kappa shape index (κ3) is 4.18. The molecule has 0 spiro atoms. The first-order chi connectivity index (χ1) is 13.7. The molecule has 1 aliphatic heterocycles. The van der Waals surface area contributed by atoms with E-state index in [1.54, 1.807) is 6.33 Å². The van der Waals surface area contributed by atoms with Gasteiger partial charge in [0.1, 0.15) is 5.52 Å². The Balaban J connectivity index is 1.40. The van der Waals surface area contributed by atoms with Crippen LogP contribution in [0.4, 0.5) is 5.95 Å². The number of aromatic nitrogens is 5. The number of aromatic amines is 1. The third-order valence-corrected chi connectivity index (χ3v) is 5.40. The van der Waals surface area contributed by atoms with E-state index in [-0.39, 0.29) is 0 Å². The minimum atomic E-state index is 0.418. The van der Waals surface area contributed by atoms with Gasteiger partial charge in [-0.2, -0.15) is 0 Å². The Bertz CT molecular complexity index is 895. The van der Waals surface area contributed by atoms with Crippen LogP contribution in [0, 0.1) is 6.92 Å². The Morgan fingerprint density at radius 3 is 2.89 bits per heavy atom. The molecule has 8 nitrogen and oxygen atoms in total.